The van der Waals surface area contributed by atoms with Crippen LogP contribution >= 0.6 is 0 Å². The molecular weight excluding hydrogens is 280 g/mol. The Balaban J connectivity index is -0.000000109. The lowest BCUT2D eigenvalue weighted by atomic mass is 10.4. The van der Waals surface area contributed by atoms with Gasteiger partial charge in [0, 0.05) is 0 Å². The van der Waals surface area contributed by atoms with Gasteiger partial charge >= 0.3 is 0 Å². The standard InChI is InChI=1S/2C7H18N.2N3/c2*1-5-8(4,6-2)7-3;2*1-3-2/h2*5-7H2,1-4H3;;/q2*+1;2*-1. The van der Waals surface area contributed by atoms with Crippen molar-refractivity contribution in [3.05, 3.63) is 31.9 Å². The maximum Gasteiger partial charge on any atom is 0.0755 e. The molecule has 0 spiro atoms. The van der Waals surface area contributed by atoms with Gasteiger partial charge in [-0.05, 0) is 41.5 Å². The fourth-order valence-electron chi connectivity index (χ4n) is 1.34. The Bertz CT molecular complexity index is 237. The Kier molecular flexibility index (Phi) is 25.5. The predicted molar refractivity (Wildman–Crippen MR) is 95.8 cm³/mol. The summed E-state index contributed by atoms with van der Waals surface area (Å²) in [7, 11) is 4.58. The van der Waals surface area contributed by atoms with Gasteiger partial charge in [-0.25, -0.2) is 0 Å². The van der Waals surface area contributed by atoms with Crippen LogP contribution < -0.4 is 0 Å². The van der Waals surface area contributed by atoms with Crippen LogP contribution in [-0.4, -0.2) is 62.3 Å². The maximum absolute atomic E-state index is 6.75. The van der Waals surface area contributed by atoms with Gasteiger partial charge in [0.1, 0.15) is 0 Å². The van der Waals surface area contributed by atoms with Gasteiger partial charge in [-0.15, -0.1) is 0 Å². The SMILES string of the molecule is CC[N+](C)(CC)CC.CC[N+](C)(CC)CC.[N-]=[N+]=[N-].[N-]=[N+]=[N-]. The van der Waals surface area contributed by atoms with Crippen LogP contribution in [0.15, 0.2) is 0 Å². The first-order valence-electron chi connectivity index (χ1n) is 7.83. The van der Waals surface area contributed by atoms with Crippen LogP contribution in [0.1, 0.15) is 41.5 Å². The van der Waals surface area contributed by atoms with Crippen molar-refractivity contribution in [2.24, 2.45) is 0 Å². The van der Waals surface area contributed by atoms with E-state index < -0.39 is 0 Å². The van der Waals surface area contributed by atoms with Crippen LogP contribution in [0.25, 0.3) is 31.9 Å². The third kappa shape index (κ3) is 20.8. The second-order valence-electron chi connectivity index (χ2n) is 5.32. The summed E-state index contributed by atoms with van der Waals surface area (Å²) in [6.45, 7) is 21.0. The summed E-state index contributed by atoms with van der Waals surface area (Å²) in [5.74, 6) is 0. The summed E-state index contributed by atoms with van der Waals surface area (Å²) in [5, 5.41) is 0. The average molecular weight is 316 g/mol. The van der Waals surface area contributed by atoms with Crippen molar-refractivity contribution in [1.82, 2.24) is 0 Å². The highest BCUT2D eigenvalue weighted by Gasteiger charge is 2.11. The number of hydrogen-bond acceptors (Lipinski definition) is 0. The Hall–Kier alpha value is -1.46. The van der Waals surface area contributed by atoms with Crippen molar-refractivity contribution in [1.29, 1.82) is 0 Å². The molecule has 0 aromatic carbocycles. The highest BCUT2D eigenvalue weighted by molar-refractivity contribution is 4.36. The van der Waals surface area contributed by atoms with E-state index in [1.807, 2.05) is 0 Å². The summed E-state index contributed by atoms with van der Waals surface area (Å²) in [6.07, 6.45) is 0. The van der Waals surface area contributed by atoms with E-state index in [-0.39, 0.29) is 0 Å². The highest BCUT2D eigenvalue weighted by Crippen LogP contribution is 1.98. The average Bonchev–Trinajstić information content (AvgIpc) is 2.55. The molecule has 8 heteroatoms. The van der Waals surface area contributed by atoms with Gasteiger partial charge in [0.2, 0.25) is 0 Å². The third-order valence-corrected chi connectivity index (χ3v) is 4.58. The zero-order valence-corrected chi connectivity index (χ0v) is 15.8. The summed E-state index contributed by atoms with van der Waals surface area (Å²) in [5.41, 5.74) is 27.0. The van der Waals surface area contributed by atoms with Gasteiger partial charge in [-0.2, -0.15) is 0 Å². The summed E-state index contributed by atoms with van der Waals surface area (Å²) < 4.78 is 2.42. The van der Waals surface area contributed by atoms with Gasteiger partial charge in [0.15, 0.2) is 0 Å². The zero-order valence-electron chi connectivity index (χ0n) is 15.8. The molecule has 0 unspecified atom stereocenters. The van der Waals surface area contributed by atoms with Gasteiger partial charge in [0.25, 0.3) is 0 Å². The molecule has 0 fully saturated rings. The highest BCUT2D eigenvalue weighted by atomic mass is 15.3. The Morgan fingerprint density at radius 1 is 0.500 bits per heavy atom. The molecule has 132 valence electrons. The molecule has 0 aliphatic carbocycles. The van der Waals surface area contributed by atoms with Crippen LogP contribution in [-0.2, 0) is 0 Å². The van der Waals surface area contributed by atoms with Crippen LogP contribution in [0.3, 0.4) is 0 Å². The van der Waals surface area contributed by atoms with Crippen LogP contribution in [0.2, 0.25) is 0 Å². The first kappa shape index (κ1) is 28.7. The van der Waals surface area contributed by atoms with E-state index in [1.165, 1.54) is 58.1 Å². The molecular formula is C14H36N8. The van der Waals surface area contributed by atoms with Crippen LogP contribution in [0.5, 0.6) is 0 Å². The zero-order chi connectivity index (χ0) is 18.7. The molecule has 0 N–H and O–H groups in total. The second-order valence-corrected chi connectivity index (χ2v) is 5.32. The molecule has 0 saturated heterocycles. The Labute approximate surface area is 136 Å². The van der Waals surface area contributed by atoms with Crippen molar-refractivity contribution in [2.45, 2.75) is 41.5 Å². The van der Waals surface area contributed by atoms with E-state index in [2.05, 4.69) is 55.6 Å². The normalized spacial score (nSPS) is 9.45. The molecule has 0 atom stereocenters. The third-order valence-electron chi connectivity index (χ3n) is 4.58. The fraction of sp³-hybridized carbons (Fsp3) is 1.00. The van der Waals surface area contributed by atoms with E-state index in [0.717, 1.165) is 0 Å². The van der Waals surface area contributed by atoms with Crippen molar-refractivity contribution >= 4 is 0 Å². The topological polar surface area (TPSA) is 117 Å². The largest absolute Gasteiger partial charge is 0.373 e. The van der Waals surface area contributed by atoms with Gasteiger partial charge in [-0.3, -0.25) is 9.82 Å². The summed E-state index contributed by atoms with van der Waals surface area (Å²) in [6, 6.07) is 0. The lowest BCUT2D eigenvalue weighted by Gasteiger charge is -2.30. The maximum atomic E-state index is 6.75. The first-order valence-corrected chi connectivity index (χ1v) is 7.83. The number of nitrogens with zero attached hydrogens (tertiary/aromatic N) is 8. The molecule has 0 bridgehead atoms. The van der Waals surface area contributed by atoms with E-state index in [4.69, 9.17) is 22.1 Å². The second kappa shape index (κ2) is 19.5. The van der Waals surface area contributed by atoms with Gasteiger partial charge < -0.3 is 31.1 Å². The Morgan fingerprint density at radius 3 is 0.591 bits per heavy atom. The van der Waals surface area contributed by atoms with Gasteiger partial charge in [0.05, 0.1) is 53.4 Å². The lowest BCUT2D eigenvalue weighted by molar-refractivity contribution is -0.904. The van der Waals surface area contributed by atoms with Crippen molar-refractivity contribution in [2.75, 3.05) is 53.4 Å². The molecule has 22 heavy (non-hydrogen) atoms. The minimum atomic E-state index is 1.21. The van der Waals surface area contributed by atoms with E-state index in [9.17, 15) is 0 Å². The van der Waals surface area contributed by atoms with Crippen molar-refractivity contribution in [3.63, 3.8) is 0 Å². The minimum Gasteiger partial charge on any atom is -0.373 e. The Morgan fingerprint density at radius 2 is 0.591 bits per heavy atom. The van der Waals surface area contributed by atoms with Crippen LogP contribution in [0.4, 0.5) is 0 Å². The summed E-state index contributed by atoms with van der Waals surface area (Å²) >= 11 is 0. The van der Waals surface area contributed by atoms with E-state index >= 15 is 0 Å². The van der Waals surface area contributed by atoms with Gasteiger partial charge in [-0.1, -0.05) is 0 Å². The minimum absolute atomic E-state index is 1.21. The first-order chi connectivity index (χ1) is 10.2. The van der Waals surface area contributed by atoms with Crippen molar-refractivity contribution in [3.8, 4) is 0 Å². The van der Waals surface area contributed by atoms with Crippen LogP contribution in [0, 0.1) is 0 Å². The molecule has 0 radical (unpaired) electrons. The number of rotatable bonds is 6. The smallest absolute Gasteiger partial charge is 0.0755 e. The predicted octanol–water partition coefficient (Wildman–Crippen LogP) is 4.72. The molecule has 0 aromatic heterocycles. The molecule has 0 aliphatic heterocycles. The molecule has 0 heterocycles. The molecule has 0 aliphatic rings. The molecule has 0 amide bonds. The molecule has 0 aromatic rings. The number of quaternary nitrogens is 2. The lowest BCUT2D eigenvalue weighted by Crippen LogP contribution is -2.42. The number of hydrogen-bond donors (Lipinski definition) is 0. The summed E-state index contributed by atoms with van der Waals surface area (Å²) in [4.78, 5) is 3.00. The van der Waals surface area contributed by atoms with Crippen molar-refractivity contribution < 1.29 is 8.97 Å². The quantitative estimate of drug-likeness (QED) is 0.292. The molecule has 0 rings (SSSR count). The van der Waals surface area contributed by atoms with E-state index in [0.29, 0.717) is 0 Å². The molecule has 8 nitrogen and oxygen atoms in total. The monoisotopic (exact) mass is 316 g/mol. The fourth-order valence-corrected chi connectivity index (χ4v) is 1.34. The molecule has 0 saturated carbocycles. The van der Waals surface area contributed by atoms with E-state index in [1.54, 1.807) is 0 Å².